The molecule has 0 bridgehead atoms. The van der Waals surface area contributed by atoms with E-state index in [1.807, 2.05) is 17.4 Å². The van der Waals surface area contributed by atoms with Gasteiger partial charge in [0.1, 0.15) is 0 Å². The monoisotopic (exact) mass is 250 g/mol. The minimum atomic E-state index is 1.20. The van der Waals surface area contributed by atoms with Gasteiger partial charge in [-0.25, -0.2) is 0 Å². The van der Waals surface area contributed by atoms with Crippen molar-refractivity contribution >= 4 is 37.1 Å². The molecule has 0 saturated heterocycles. The minimum absolute atomic E-state index is 1.20. The number of fused-ring (bicyclic) bond motifs is 3. The third-order valence-electron chi connectivity index (χ3n) is 3.25. The Morgan fingerprint density at radius 1 is 1.06 bits per heavy atom. The fraction of sp³-hybridized carbons (Fsp3) is 0.0588. The molecule has 0 nitrogen and oxygen atoms in total. The van der Waals surface area contributed by atoms with E-state index in [2.05, 4.69) is 62.0 Å². The molecule has 0 N–H and O–H groups in total. The van der Waals surface area contributed by atoms with E-state index in [4.69, 9.17) is 0 Å². The molecule has 0 aliphatic rings. The fourth-order valence-corrected chi connectivity index (χ4v) is 3.60. The Balaban J connectivity index is 2.45. The Bertz CT molecular complexity index is 759. The van der Waals surface area contributed by atoms with Crippen LogP contribution in [0.1, 0.15) is 12.5 Å². The van der Waals surface area contributed by atoms with E-state index in [1.165, 1.54) is 31.3 Å². The smallest absolute Gasteiger partial charge is 0.0433 e. The second kappa shape index (κ2) is 4.43. The summed E-state index contributed by atoms with van der Waals surface area (Å²) in [6.45, 7) is 5.96. The molecule has 0 unspecified atom stereocenters. The van der Waals surface area contributed by atoms with E-state index in [9.17, 15) is 0 Å². The molecule has 0 aliphatic carbocycles. The summed E-state index contributed by atoms with van der Waals surface area (Å²) in [4.78, 5) is 0. The number of rotatable bonds is 2. The Hall–Kier alpha value is -1.86. The number of thiophene rings is 1. The van der Waals surface area contributed by atoms with Crippen molar-refractivity contribution in [3.63, 3.8) is 0 Å². The van der Waals surface area contributed by atoms with Gasteiger partial charge in [0.15, 0.2) is 0 Å². The predicted octanol–water partition coefficient (Wildman–Crippen LogP) is 5.64. The van der Waals surface area contributed by atoms with Crippen molar-refractivity contribution in [2.45, 2.75) is 6.92 Å². The van der Waals surface area contributed by atoms with Gasteiger partial charge in [-0.3, -0.25) is 0 Å². The maximum atomic E-state index is 3.91. The van der Waals surface area contributed by atoms with Crippen molar-refractivity contribution < 1.29 is 0 Å². The molecule has 0 atom stereocenters. The van der Waals surface area contributed by atoms with Gasteiger partial charge in [0.2, 0.25) is 0 Å². The van der Waals surface area contributed by atoms with E-state index in [0.717, 1.165) is 0 Å². The third kappa shape index (κ3) is 1.59. The molecular weight excluding hydrogens is 236 g/mol. The SMILES string of the molecule is C=C/C(=C\C)c1cccc2c1sc1ccccc12. The number of allylic oxidation sites excluding steroid dienone is 3. The molecule has 0 saturated carbocycles. The van der Waals surface area contributed by atoms with Gasteiger partial charge in [0.05, 0.1) is 0 Å². The Kier molecular flexibility index (Phi) is 2.77. The molecule has 3 aromatic rings. The van der Waals surface area contributed by atoms with Crippen LogP contribution in [0.3, 0.4) is 0 Å². The summed E-state index contributed by atoms with van der Waals surface area (Å²) < 4.78 is 2.70. The molecule has 88 valence electrons. The molecule has 0 aliphatic heterocycles. The highest BCUT2D eigenvalue weighted by Gasteiger charge is 2.09. The van der Waals surface area contributed by atoms with Gasteiger partial charge in [-0.15, -0.1) is 11.3 Å². The molecule has 1 aromatic heterocycles. The summed E-state index contributed by atoms with van der Waals surface area (Å²) in [5.74, 6) is 0. The Morgan fingerprint density at radius 3 is 2.61 bits per heavy atom. The molecule has 18 heavy (non-hydrogen) atoms. The predicted molar refractivity (Wildman–Crippen MR) is 83.2 cm³/mol. The van der Waals surface area contributed by atoms with Crippen molar-refractivity contribution in [3.8, 4) is 0 Å². The lowest BCUT2D eigenvalue weighted by molar-refractivity contribution is 1.68. The van der Waals surface area contributed by atoms with Crippen LogP contribution in [-0.2, 0) is 0 Å². The summed E-state index contributed by atoms with van der Waals surface area (Å²) in [5, 5.41) is 2.69. The molecule has 0 radical (unpaired) electrons. The zero-order valence-corrected chi connectivity index (χ0v) is 11.1. The van der Waals surface area contributed by atoms with Crippen LogP contribution in [0.2, 0.25) is 0 Å². The number of hydrogen-bond acceptors (Lipinski definition) is 1. The van der Waals surface area contributed by atoms with E-state index in [-0.39, 0.29) is 0 Å². The lowest BCUT2D eigenvalue weighted by atomic mass is 10.0. The molecule has 0 fully saturated rings. The van der Waals surface area contributed by atoms with E-state index in [0.29, 0.717) is 0 Å². The van der Waals surface area contributed by atoms with E-state index < -0.39 is 0 Å². The van der Waals surface area contributed by atoms with Gasteiger partial charge < -0.3 is 0 Å². The van der Waals surface area contributed by atoms with E-state index in [1.54, 1.807) is 0 Å². The van der Waals surface area contributed by atoms with Crippen LogP contribution in [-0.4, -0.2) is 0 Å². The van der Waals surface area contributed by atoms with Crippen molar-refractivity contribution in [2.24, 2.45) is 0 Å². The first-order valence-corrected chi connectivity index (χ1v) is 6.86. The first-order valence-electron chi connectivity index (χ1n) is 6.04. The average Bonchev–Trinajstić information content (AvgIpc) is 2.80. The summed E-state index contributed by atoms with van der Waals surface area (Å²) in [6.07, 6.45) is 4.05. The summed E-state index contributed by atoms with van der Waals surface area (Å²) >= 11 is 1.86. The van der Waals surface area contributed by atoms with Crippen LogP contribution in [0, 0.1) is 0 Å². The first-order chi connectivity index (χ1) is 8.85. The van der Waals surface area contributed by atoms with Crippen molar-refractivity contribution in [2.75, 3.05) is 0 Å². The second-order valence-electron chi connectivity index (χ2n) is 4.23. The minimum Gasteiger partial charge on any atom is -0.135 e. The van der Waals surface area contributed by atoms with Crippen molar-refractivity contribution in [3.05, 3.63) is 66.8 Å². The normalized spacial score (nSPS) is 12.2. The quantitative estimate of drug-likeness (QED) is 0.516. The highest BCUT2D eigenvalue weighted by Crippen LogP contribution is 2.38. The Morgan fingerprint density at radius 2 is 1.83 bits per heavy atom. The Labute approximate surface area is 111 Å². The standard InChI is InChI=1S/C17H14S/c1-3-12(4-2)13-9-7-10-15-14-8-5-6-11-16(14)18-17(13)15/h3-11H,1H2,2H3/b12-4+. The van der Waals surface area contributed by atoms with Crippen LogP contribution in [0.4, 0.5) is 0 Å². The third-order valence-corrected chi connectivity index (χ3v) is 4.47. The molecule has 2 aromatic carbocycles. The molecule has 0 amide bonds. The van der Waals surface area contributed by atoms with Gasteiger partial charge in [0.25, 0.3) is 0 Å². The maximum Gasteiger partial charge on any atom is 0.0433 e. The first kappa shape index (κ1) is 11.2. The topological polar surface area (TPSA) is 0 Å². The summed E-state index contributed by atoms with van der Waals surface area (Å²) in [6, 6.07) is 15.1. The zero-order valence-electron chi connectivity index (χ0n) is 10.3. The van der Waals surface area contributed by atoms with Crippen molar-refractivity contribution in [1.29, 1.82) is 0 Å². The van der Waals surface area contributed by atoms with Gasteiger partial charge >= 0.3 is 0 Å². The van der Waals surface area contributed by atoms with Gasteiger partial charge in [-0.2, -0.15) is 0 Å². The number of hydrogen-bond donors (Lipinski definition) is 0. The van der Waals surface area contributed by atoms with Gasteiger partial charge in [-0.05, 0) is 24.1 Å². The summed E-state index contributed by atoms with van der Waals surface area (Å²) in [7, 11) is 0. The lowest BCUT2D eigenvalue weighted by Crippen LogP contribution is -1.79. The molecule has 1 heteroatoms. The lowest BCUT2D eigenvalue weighted by Gasteiger charge is -2.03. The fourth-order valence-electron chi connectivity index (χ4n) is 2.36. The van der Waals surface area contributed by atoms with Gasteiger partial charge in [-0.1, -0.05) is 55.1 Å². The van der Waals surface area contributed by atoms with E-state index >= 15 is 0 Å². The van der Waals surface area contributed by atoms with Crippen LogP contribution < -0.4 is 0 Å². The van der Waals surface area contributed by atoms with Crippen LogP contribution in [0.15, 0.2) is 61.2 Å². The van der Waals surface area contributed by atoms with Crippen LogP contribution in [0.5, 0.6) is 0 Å². The highest BCUT2D eigenvalue weighted by molar-refractivity contribution is 7.26. The molecular formula is C17H14S. The second-order valence-corrected chi connectivity index (χ2v) is 5.28. The molecule has 0 spiro atoms. The van der Waals surface area contributed by atoms with Crippen LogP contribution in [0.25, 0.3) is 25.7 Å². The van der Waals surface area contributed by atoms with Gasteiger partial charge in [0, 0.05) is 20.2 Å². The largest absolute Gasteiger partial charge is 0.135 e. The summed E-state index contributed by atoms with van der Waals surface area (Å²) in [5.41, 5.74) is 2.48. The maximum absolute atomic E-state index is 3.91. The zero-order chi connectivity index (χ0) is 12.5. The van der Waals surface area contributed by atoms with Crippen molar-refractivity contribution in [1.82, 2.24) is 0 Å². The highest BCUT2D eigenvalue weighted by atomic mass is 32.1. The average molecular weight is 250 g/mol. The number of benzene rings is 2. The molecule has 1 heterocycles. The van der Waals surface area contributed by atoms with Crippen LogP contribution >= 0.6 is 11.3 Å². The molecule has 3 rings (SSSR count).